The average molecular weight is 212 g/mol. The van der Waals surface area contributed by atoms with Crippen molar-refractivity contribution in [3.05, 3.63) is 48.5 Å². The number of nitrogens with two attached hydrogens (primary N) is 1. The first-order valence-electron chi connectivity index (χ1n) is 5.31. The molecule has 2 heteroatoms. The molecule has 0 unspecified atom stereocenters. The maximum atomic E-state index is 6.02. The van der Waals surface area contributed by atoms with Crippen LogP contribution in [0.25, 0.3) is 11.1 Å². The Morgan fingerprint density at radius 3 is 2.19 bits per heavy atom. The number of benzene rings is 2. The van der Waals surface area contributed by atoms with Crippen LogP contribution in [0.5, 0.6) is 0 Å². The van der Waals surface area contributed by atoms with E-state index in [-0.39, 0.29) is 0 Å². The molecule has 0 atom stereocenters. The topological polar surface area (TPSA) is 29.3 Å². The number of anilines is 2. The average Bonchev–Trinajstić information content (AvgIpc) is 2.29. The van der Waals surface area contributed by atoms with Crippen molar-refractivity contribution in [3.8, 4) is 11.1 Å². The first-order valence-corrected chi connectivity index (χ1v) is 5.31. The van der Waals surface area contributed by atoms with Gasteiger partial charge in [-0.1, -0.05) is 42.5 Å². The van der Waals surface area contributed by atoms with Crippen molar-refractivity contribution < 1.29 is 0 Å². The molecule has 0 saturated heterocycles. The number of para-hydroxylation sites is 1. The van der Waals surface area contributed by atoms with Gasteiger partial charge in [-0.2, -0.15) is 0 Å². The summed E-state index contributed by atoms with van der Waals surface area (Å²) < 4.78 is 0. The summed E-state index contributed by atoms with van der Waals surface area (Å²) in [5.74, 6) is 0. The highest BCUT2D eigenvalue weighted by Crippen LogP contribution is 2.34. The Kier molecular flexibility index (Phi) is 2.82. The van der Waals surface area contributed by atoms with Gasteiger partial charge in [0.15, 0.2) is 0 Å². The summed E-state index contributed by atoms with van der Waals surface area (Å²) in [5.41, 5.74) is 10.3. The van der Waals surface area contributed by atoms with E-state index in [1.54, 1.807) is 0 Å². The molecule has 2 aromatic carbocycles. The number of rotatable bonds is 2. The largest absolute Gasteiger partial charge is 0.397 e. The van der Waals surface area contributed by atoms with E-state index < -0.39 is 0 Å². The van der Waals surface area contributed by atoms with Crippen LogP contribution in [0.4, 0.5) is 11.4 Å². The zero-order valence-electron chi connectivity index (χ0n) is 9.64. The van der Waals surface area contributed by atoms with E-state index in [4.69, 9.17) is 5.73 Å². The Hall–Kier alpha value is -1.96. The molecular formula is C14H16N2. The van der Waals surface area contributed by atoms with Crippen LogP contribution < -0.4 is 10.6 Å². The molecule has 0 aliphatic heterocycles. The molecule has 0 bridgehead atoms. The van der Waals surface area contributed by atoms with Crippen LogP contribution in [0.15, 0.2) is 48.5 Å². The zero-order chi connectivity index (χ0) is 11.5. The third-order valence-corrected chi connectivity index (χ3v) is 2.60. The molecule has 0 heterocycles. The summed E-state index contributed by atoms with van der Waals surface area (Å²) in [7, 11) is 4.02. The molecule has 2 N–H and O–H groups in total. The fourth-order valence-electron chi connectivity index (χ4n) is 1.91. The molecule has 2 aromatic rings. The summed E-state index contributed by atoms with van der Waals surface area (Å²) in [4.78, 5) is 2.05. The second-order valence-electron chi connectivity index (χ2n) is 4.00. The number of hydrogen-bond acceptors (Lipinski definition) is 2. The summed E-state index contributed by atoms with van der Waals surface area (Å²) in [6.45, 7) is 0. The van der Waals surface area contributed by atoms with Gasteiger partial charge in [-0.05, 0) is 11.6 Å². The molecule has 0 radical (unpaired) electrons. The number of nitrogens with zero attached hydrogens (tertiary/aromatic N) is 1. The summed E-state index contributed by atoms with van der Waals surface area (Å²) in [5, 5.41) is 0. The first-order chi connectivity index (χ1) is 7.70. The fourth-order valence-corrected chi connectivity index (χ4v) is 1.91. The van der Waals surface area contributed by atoms with Gasteiger partial charge in [0.2, 0.25) is 0 Å². The maximum absolute atomic E-state index is 6.02. The van der Waals surface area contributed by atoms with Crippen LogP contribution in [0.1, 0.15) is 0 Å². The van der Waals surface area contributed by atoms with Crippen LogP contribution in [0.3, 0.4) is 0 Å². The highest BCUT2D eigenvalue weighted by molar-refractivity contribution is 5.86. The molecule has 2 nitrogen and oxygen atoms in total. The fraction of sp³-hybridized carbons (Fsp3) is 0.143. The van der Waals surface area contributed by atoms with Gasteiger partial charge in [-0.3, -0.25) is 0 Å². The molecular weight excluding hydrogens is 196 g/mol. The van der Waals surface area contributed by atoms with Crippen molar-refractivity contribution in [2.24, 2.45) is 0 Å². The van der Waals surface area contributed by atoms with E-state index in [1.165, 1.54) is 11.1 Å². The third kappa shape index (κ3) is 1.87. The van der Waals surface area contributed by atoms with Crippen molar-refractivity contribution in [2.45, 2.75) is 0 Å². The Morgan fingerprint density at radius 2 is 1.56 bits per heavy atom. The SMILES string of the molecule is CN(C)c1c(N)cccc1-c1ccccc1. The normalized spacial score (nSPS) is 10.1. The lowest BCUT2D eigenvalue weighted by molar-refractivity contribution is 1.14. The van der Waals surface area contributed by atoms with Gasteiger partial charge in [0.05, 0.1) is 11.4 Å². The van der Waals surface area contributed by atoms with Gasteiger partial charge in [0.25, 0.3) is 0 Å². The molecule has 0 aromatic heterocycles. The lowest BCUT2D eigenvalue weighted by atomic mass is 10.0. The summed E-state index contributed by atoms with van der Waals surface area (Å²) in [6, 6.07) is 16.3. The Labute approximate surface area is 96.3 Å². The van der Waals surface area contributed by atoms with Crippen LogP contribution in [0.2, 0.25) is 0 Å². The molecule has 0 spiro atoms. The van der Waals surface area contributed by atoms with E-state index in [0.717, 1.165) is 11.4 Å². The lowest BCUT2D eigenvalue weighted by Gasteiger charge is -2.19. The van der Waals surface area contributed by atoms with Crippen LogP contribution in [-0.4, -0.2) is 14.1 Å². The molecule has 0 aliphatic rings. The highest BCUT2D eigenvalue weighted by Gasteiger charge is 2.09. The number of nitrogen functional groups attached to an aromatic ring is 1. The molecule has 0 amide bonds. The van der Waals surface area contributed by atoms with E-state index in [1.807, 2.05) is 44.4 Å². The summed E-state index contributed by atoms with van der Waals surface area (Å²) >= 11 is 0. The maximum Gasteiger partial charge on any atom is 0.0674 e. The van der Waals surface area contributed by atoms with Crippen molar-refractivity contribution >= 4 is 11.4 Å². The van der Waals surface area contributed by atoms with Crippen LogP contribution in [-0.2, 0) is 0 Å². The van der Waals surface area contributed by atoms with Gasteiger partial charge >= 0.3 is 0 Å². The third-order valence-electron chi connectivity index (χ3n) is 2.60. The van der Waals surface area contributed by atoms with Crippen LogP contribution in [0, 0.1) is 0 Å². The van der Waals surface area contributed by atoms with Crippen molar-refractivity contribution in [3.63, 3.8) is 0 Å². The Bertz CT molecular complexity index is 475. The predicted molar refractivity (Wildman–Crippen MR) is 70.6 cm³/mol. The summed E-state index contributed by atoms with van der Waals surface area (Å²) in [6.07, 6.45) is 0. The second-order valence-corrected chi connectivity index (χ2v) is 4.00. The van der Waals surface area contributed by atoms with Crippen molar-refractivity contribution in [1.29, 1.82) is 0 Å². The lowest BCUT2D eigenvalue weighted by Crippen LogP contribution is -2.12. The Morgan fingerprint density at radius 1 is 0.875 bits per heavy atom. The van der Waals surface area contributed by atoms with Gasteiger partial charge in [-0.25, -0.2) is 0 Å². The second kappa shape index (κ2) is 4.27. The minimum absolute atomic E-state index is 0.811. The van der Waals surface area contributed by atoms with E-state index in [0.29, 0.717) is 0 Å². The van der Waals surface area contributed by atoms with Crippen molar-refractivity contribution in [2.75, 3.05) is 24.7 Å². The van der Waals surface area contributed by atoms with Gasteiger partial charge in [0, 0.05) is 19.7 Å². The molecule has 82 valence electrons. The van der Waals surface area contributed by atoms with E-state index in [2.05, 4.69) is 23.1 Å². The molecule has 0 fully saturated rings. The molecule has 0 aliphatic carbocycles. The smallest absolute Gasteiger partial charge is 0.0674 e. The quantitative estimate of drug-likeness (QED) is 0.775. The van der Waals surface area contributed by atoms with Crippen molar-refractivity contribution in [1.82, 2.24) is 0 Å². The predicted octanol–water partition coefficient (Wildman–Crippen LogP) is 3.00. The van der Waals surface area contributed by atoms with Gasteiger partial charge in [0.1, 0.15) is 0 Å². The Balaban J connectivity index is 2.61. The number of hydrogen-bond donors (Lipinski definition) is 1. The van der Waals surface area contributed by atoms with E-state index in [9.17, 15) is 0 Å². The molecule has 16 heavy (non-hydrogen) atoms. The van der Waals surface area contributed by atoms with Gasteiger partial charge < -0.3 is 10.6 Å². The molecule has 2 rings (SSSR count). The monoisotopic (exact) mass is 212 g/mol. The zero-order valence-corrected chi connectivity index (χ0v) is 9.64. The van der Waals surface area contributed by atoms with Gasteiger partial charge in [-0.15, -0.1) is 0 Å². The van der Waals surface area contributed by atoms with Crippen LogP contribution >= 0.6 is 0 Å². The molecule has 0 saturated carbocycles. The standard InChI is InChI=1S/C14H16N2/c1-16(2)14-12(9-6-10-13(14)15)11-7-4-3-5-8-11/h3-10H,15H2,1-2H3. The first kappa shape index (κ1) is 10.6. The minimum Gasteiger partial charge on any atom is -0.397 e. The highest BCUT2D eigenvalue weighted by atomic mass is 15.1. The minimum atomic E-state index is 0.811. The van der Waals surface area contributed by atoms with E-state index >= 15 is 0 Å².